The Morgan fingerprint density at radius 1 is 1.33 bits per heavy atom. The number of anilines is 2. The number of nitrogen functional groups attached to an aromatic ring is 1. The molecule has 0 radical (unpaired) electrons. The summed E-state index contributed by atoms with van der Waals surface area (Å²) >= 11 is 5.69. The maximum absolute atomic E-state index is 13.8. The second kappa shape index (κ2) is 5.14. The summed E-state index contributed by atoms with van der Waals surface area (Å²) in [5.41, 5.74) is 6.51. The van der Waals surface area contributed by atoms with Crippen LogP contribution in [0.1, 0.15) is 0 Å². The summed E-state index contributed by atoms with van der Waals surface area (Å²) in [5.74, 6) is -0.396. The van der Waals surface area contributed by atoms with E-state index in [1.165, 1.54) is 24.3 Å². The topological polar surface area (TPSA) is 73.6 Å². The van der Waals surface area contributed by atoms with Gasteiger partial charge in [-0.3, -0.25) is 4.79 Å². The molecule has 3 rings (SSSR count). The van der Waals surface area contributed by atoms with E-state index in [2.05, 4.69) is 5.32 Å². The minimum atomic E-state index is -0.684. The predicted octanol–water partition coefficient (Wildman–Crippen LogP) is 3.18. The Balaban J connectivity index is 1.97. The molecule has 0 aromatic heterocycles. The summed E-state index contributed by atoms with van der Waals surface area (Å²) < 4.78 is 24.5. The lowest BCUT2D eigenvalue weighted by Gasteiger charge is -2.20. The van der Waals surface area contributed by atoms with Crippen LogP contribution in [0.5, 0.6) is 17.2 Å². The van der Waals surface area contributed by atoms with Gasteiger partial charge >= 0.3 is 0 Å². The van der Waals surface area contributed by atoms with Gasteiger partial charge in [0, 0.05) is 12.1 Å². The van der Waals surface area contributed by atoms with E-state index in [1.807, 2.05) is 0 Å². The van der Waals surface area contributed by atoms with Gasteiger partial charge in [0.2, 0.25) is 0 Å². The molecule has 0 bridgehead atoms. The van der Waals surface area contributed by atoms with Crippen molar-refractivity contribution in [2.75, 3.05) is 17.7 Å². The number of benzene rings is 2. The standard InChI is InChI=1S/C14H10ClFN2O3/c15-7-2-1-3-10(14(7)16)21-11-5-9-12(4-8(11)17)20-6-13(19)18-9/h1-5H,6,17H2,(H,18,19). The fraction of sp³-hybridized carbons (Fsp3) is 0.0714. The zero-order chi connectivity index (χ0) is 15.0. The molecule has 3 N–H and O–H groups in total. The molecule has 108 valence electrons. The molecule has 0 aliphatic carbocycles. The Kier molecular flexibility index (Phi) is 3.31. The van der Waals surface area contributed by atoms with Crippen molar-refractivity contribution in [1.82, 2.24) is 0 Å². The third-order valence-electron chi connectivity index (χ3n) is 2.88. The Morgan fingerprint density at radius 3 is 2.95 bits per heavy atom. The fourth-order valence-electron chi connectivity index (χ4n) is 1.89. The van der Waals surface area contributed by atoms with Crippen molar-refractivity contribution in [2.24, 2.45) is 0 Å². The largest absolute Gasteiger partial charge is 0.481 e. The lowest BCUT2D eigenvalue weighted by molar-refractivity contribution is -0.118. The number of rotatable bonds is 2. The third-order valence-corrected chi connectivity index (χ3v) is 3.17. The molecule has 0 fully saturated rings. The van der Waals surface area contributed by atoms with Gasteiger partial charge in [0.1, 0.15) is 5.75 Å². The number of nitrogens with two attached hydrogens (primary N) is 1. The van der Waals surface area contributed by atoms with Crippen LogP contribution in [0.15, 0.2) is 30.3 Å². The number of carbonyl (C=O) groups is 1. The van der Waals surface area contributed by atoms with Crippen LogP contribution < -0.4 is 20.5 Å². The summed E-state index contributed by atoms with van der Waals surface area (Å²) in [5, 5.41) is 2.57. The average Bonchev–Trinajstić information content (AvgIpc) is 2.45. The van der Waals surface area contributed by atoms with Crippen LogP contribution in [0.2, 0.25) is 5.02 Å². The maximum atomic E-state index is 13.8. The SMILES string of the molecule is Nc1cc2c(cc1Oc1cccc(Cl)c1F)NC(=O)CO2. The number of hydrogen-bond acceptors (Lipinski definition) is 4. The van der Waals surface area contributed by atoms with Crippen LogP contribution in [0.3, 0.4) is 0 Å². The summed E-state index contributed by atoms with van der Waals surface area (Å²) in [4.78, 5) is 11.3. The van der Waals surface area contributed by atoms with E-state index >= 15 is 0 Å². The molecule has 7 heteroatoms. The first-order valence-electron chi connectivity index (χ1n) is 6.02. The first-order valence-corrected chi connectivity index (χ1v) is 6.40. The van der Waals surface area contributed by atoms with Crippen molar-refractivity contribution in [1.29, 1.82) is 0 Å². The van der Waals surface area contributed by atoms with E-state index < -0.39 is 5.82 Å². The normalized spacial score (nSPS) is 13.1. The molecule has 0 saturated heterocycles. The lowest BCUT2D eigenvalue weighted by Crippen LogP contribution is -2.25. The van der Waals surface area contributed by atoms with Crippen molar-refractivity contribution in [3.63, 3.8) is 0 Å². The molecule has 21 heavy (non-hydrogen) atoms. The van der Waals surface area contributed by atoms with Gasteiger partial charge in [0.25, 0.3) is 5.91 Å². The maximum Gasteiger partial charge on any atom is 0.262 e. The zero-order valence-electron chi connectivity index (χ0n) is 10.7. The van der Waals surface area contributed by atoms with Crippen LogP contribution >= 0.6 is 11.6 Å². The quantitative estimate of drug-likeness (QED) is 0.836. The van der Waals surface area contributed by atoms with E-state index in [0.29, 0.717) is 11.4 Å². The molecule has 1 amide bonds. The Bertz CT molecular complexity index is 736. The first kappa shape index (κ1) is 13.5. The lowest BCUT2D eigenvalue weighted by atomic mass is 10.2. The summed E-state index contributed by atoms with van der Waals surface area (Å²) in [6.07, 6.45) is 0. The molecule has 2 aromatic rings. The summed E-state index contributed by atoms with van der Waals surface area (Å²) in [6.45, 7) is -0.0738. The molecule has 1 heterocycles. The van der Waals surface area contributed by atoms with E-state index in [0.717, 1.165) is 0 Å². The summed E-state index contributed by atoms with van der Waals surface area (Å²) in [6, 6.07) is 7.37. The molecule has 1 aliphatic heterocycles. The van der Waals surface area contributed by atoms with Gasteiger partial charge in [-0.25, -0.2) is 4.39 Å². The molecular formula is C14H10ClFN2O3. The third kappa shape index (κ3) is 2.57. The molecule has 0 spiro atoms. The van der Waals surface area contributed by atoms with E-state index in [-0.39, 0.29) is 34.7 Å². The van der Waals surface area contributed by atoms with Crippen LogP contribution in [0.25, 0.3) is 0 Å². The van der Waals surface area contributed by atoms with E-state index in [4.69, 9.17) is 26.8 Å². The van der Waals surface area contributed by atoms with Crippen molar-refractivity contribution in [2.45, 2.75) is 0 Å². The number of hydrogen-bond donors (Lipinski definition) is 2. The molecule has 5 nitrogen and oxygen atoms in total. The first-order chi connectivity index (χ1) is 10.0. The van der Waals surface area contributed by atoms with Gasteiger partial charge in [-0.15, -0.1) is 0 Å². The fourth-order valence-corrected chi connectivity index (χ4v) is 2.06. The highest BCUT2D eigenvalue weighted by Gasteiger charge is 2.19. The number of carbonyl (C=O) groups excluding carboxylic acids is 1. The summed E-state index contributed by atoms with van der Waals surface area (Å²) in [7, 11) is 0. The van der Waals surface area contributed by atoms with Gasteiger partial charge in [-0.2, -0.15) is 0 Å². The van der Waals surface area contributed by atoms with E-state index in [9.17, 15) is 9.18 Å². The second-order valence-electron chi connectivity index (χ2n) is 4.38. The Hall–Kier alpha value is -2.47. The van der Waals surface area contributed by atoms with Gasteiger partial charge < -0.3 is 20.5 Å². The minimum absolute atomic E-state index is 0.0549. The van der Waals surface area contributed by atoms with Crippen molar-refractivity contribution in [3.8, 4) is 17.2 Å². The van der Waals surface area contributed by atoms with Crippen molar-refractivity contribution < 1.29 is 18.7 Å². The number of amides is 1. The smallest absolute Gasteiger partial charge is 0.262 e. The van der Waals surface area contributed by atoms with E-state index in [1.54, 1.807) is 6.07 Å². The minimum Gasteiger partial charge on any atom is -0.481 e. The molecular weight excluding hydrogens is 299 g/mol. The number of nitrogens with one attached hydrogen (secondary N) is 1. The molecule has 1 aliphatic rings. The van der Waals surface area contributed by atoms with Crippen LogP contribution in [-0.2, 0) is 4.79 Å². The van der Waals surface area contributed by atoms with Crippen molar-refractivity contribution >= 4 is 28.9 Å². The monoisotopic (exact) mass is 308 g/mol. The van der Waals surface area contributed by atoms with Gasteiger partial charge in [0.05, 0.1) is 16.4 Å². The molecule has 0 unspecified atom stereocenters. The Labute approximate surface area is 124 Å². The number of ether oxygens (including phenoxy) is 2. The molecule has 2 aromatic carbocycles. The van der Waals surface area contributed by atoms with Gasteiger partial charge in [-0.1, -0.05) is 17.7 Å². The van der Waals surface area contributed by atoms with Crippen LogP contribution in [0.4, 0.5) is 15.8 Å². The molecule has 0 atom stereocenters. The average molecular weight is 309 g/mol. The number of halogens is 2. The predicted molar refractivity (Wildman–Crippen MR) is 76.5 cm³/mol. The highest BCUT2D eigenvalue weighted by molar-refractivity contribution is 6.30. The molecule has 0 saturated carbocycles. The van der Waals surface area contributed by atoms with Crippen molar-refractivity contribution in [3.05, 3.63) is 41.2 Å². The zero-order valence-corrected chi connectivity index (χ0v) is 11.4. The van der Waals surface area contributed by atoms with Gasteiger partial charge in [0.15, 0.2) is 23.9 Å². The number of fused-ring (bicyclic) bond motifs is 1. The second-order valence-corrected chi connectivity index (χ2v) is 4.78. The van der Waals surface area contributed by atoms with Gasteiger partial charge in [-0.05, 0) is 12.1 Å². The van der Waals surface area contributed by atoms with Crippen LogP contribution in [-0.4, -0.2) is 12.5 Å². The van der Waals surface area contributed by atoms with Crippen LogP contribution in [0, 0.1) is 5.82 Å². The highest BCUT2D eigenvalue weighted by atomic mass is 35.5. The Morgan fingerprint density at radius 2 is 2.14 bits per heavy atom. The highest BCUT2D eigenvalue weighted by Crippen LogP contribution is 2.39.